The molecule has 1 heterocycles. The zero-order chi connectivity index (χ0) is 14.4. The molecule has 0 spiro atoms. The highest BCUT2D eigenvalue weighted by Crippen LogP contribution is 2.17. The normalized spacial score (nSPS) is 11.0. The van der Waals surface area contributed by atoms with E-state index in [1.807, 2.05) is 36.4 Å². The Labute approximate surface area is 130 Å². The number of pyridine rings is 1. The van der Waals surface area contributed by atoms with Crippen molar-refractivity contribution in [3.05, 3.63) is 48.7 Å². The number of amides is 1. The summed E-state index contributed by atoms with van der Waals surface area (Å²) in [6.45, 7) is 1.78. The van der Waals surface area contributed by atoms with Crippen LogP contribution in [-0.2, 0) is 4.79 Å². The smallest absolute Gasteiger partial charge is 0.246 e. The molecule has 0 bridgehead atoms. The zero-order valence-corrected chi connectivity index (χ0v) is 12.7. The van der Waals surface area contributed by atoms with Gasteiger partial charge in [0.05, 0.1) is 7.11 Å². The molecule has 2 aromatic rings. The molecule has 6 heteroatoms. The molecule has 0 radical (unpaired) electrons. The standard InChI is InChI=1S/C15H17N3O2.ClH/c1-11(17-14-8-3-4-9-16-14)15(19)18-12-6-5-7-13(10-12)20-2;/h3-11H,1-2H3,(H,16,17)(H,18,19);1H/t11-;/m1./s1. The second-order valence-corrected chi connectivity index (χ2v) is 4.30. The summed E-state index contributed by atoms with van der Waals surface area (Å²) in [6.07, 6.45) is 1.68. The Morgan fingerprint density at radius 3 is 2.71 bits per heavy atom. The number of benzene rings is 1. The Morgan fingerprint density at radius 1 is 1.24 bits per heavy atom. The SMILES string of the molecule is COc1cccc(NC(=O)[C@@H](C)Nc2ccccn2)c1.Cl. The highest BCUT2D eigenvalue weighted by atomic mass is 35.5. The van der Waals surface area contributed by atoms with Gasteiger partial charge in [-0.05, 0) is 31.2 Å². The summed E-state index contributed by atoms with van der Waals surface area (Å²) in [5.74, 6) is 1.23. The lowest BCUT2D eigenvalue weighted by atomic mass is 10.2. The Kier molecular flexibility index (Phi) is 6.49. The van der Waals surface area contributed by atoms with Gasteiger partial charge in [0.1, 0.15) is 17.6 Å². The largest absolute Gasteiger partial charge is 0.497 e. The minimum atomic E-state index is -0.392. The Bertz CT molecular complexity index is 578. The van der Waals surface area contributed by atoms with E-state index < -0.39 is 6.04 Å². The van der Waals surface area contributed by atoms with Crippen LogP contribution in [0.3, 0.4) is 0 Å². The lowest BCUT2D eigenvalue weighted by Gasteiger charge is -2.14. The summed E-state index contributed by atoms with van der Waals surface area (Å²) in [7, 11) is 1.59. The first kappa shape index (κ1) is 16.8. The van der Waals surface area contributed by atoms with Gasteiger partial charge < -0.3 is 15.4 Å². The summed E-state index contributed by atoms with van der Waals surface area (Å²) in [5.41, 5.74) is 0.698. The molecule has 0 unspecified atom stereocenters. The third kappa shape index (κ3) is 4.96. The van der Waals surface area contributed by atoms with Gasteiger partial charge in [0.2, 0.25) is 5.91 Å². The number of nitrogens with one attached hydrogen (secondary N) is 2. The van der Waals surface area contributed by atoms with Gasteiger partial charge >= 0.3 is 0 Å². The van der Waals surface area contributed by atoms with E-state index >= 15 is 0 Å². The van der Waals surface area contributed by atoms with E-state index in [0.29, 0.717) is 17.3 Å². The molecule has 112 valence electrons. The summed E-state index contributed by atoms with van der Waals surface area (Å²) in [5, 5.41) is 5.86. The average Bonchev–Trinajstić information content (AvgIpc) is 2.48. The number of nitrogens with zero attached hydrogens (tertiary/aromatic N) is 1. The average molecular weight is 308 g/mol. The van der Waals surface area contributed by atoms with E-state index in [1.165, 1.54) is 0 Å². The monoisotopic (exact) mass is 307 g/mol. The van der Waals surface area contributed by atoms with Gasteiger partial charge in [-0.2, -0.15) is 0 Å². The van der Waals surface area contributed by atoms with Crippen molar-refractivity contribution in [3.8, 4) is 5.75 Å². The van der Waals surface area contributed by atoms with E-state index in [1.54, 1.807) is 26.3 Å². The maximum atomic E-state index is 12.1. The fraction of sp³-hybridized carbons (Fsp3) is 0.200. The number of anilines is 2. The second kappa shape index (κ2) is 8.11. The predicted octanol–water partition coefficient (Wildman–Crippen LogP) is 2.95. The van der Waals surface area contributed by atoms with E-state index in [0.717, 1.165) is 0 Å². The van der Waals surface area contributed by atoms with Crippen LogP contribution in [-0.4, -0.2) is 24.0 Å². The van der Waals surface area contributed by atoms with Gasteiger partial charge in [0.25, 0.3) is 0 Å². The van der Waals surface area contributed by atoms with Crippen LogP contribution < -0.4 is 15.4 Å². The first-order chi connectivity index (χ1) is 9.69. The minimum Gasteiger partial charge on any atom is -0.497 e. The first-order valence-electron chi connectivity index (χ1n) is 6.31. The van der Waals surface area contributed by atoms with Gasteiger partial charge in [0.15, 0.2) is 0 Å². The number of hydrogen-bond donors (Lipinski definition) is 2. The number of aromatic nitrogens is 1. The van der Waals surface area contributed by atoms with Crippen LogP contribution in [0.4, 0.5) is 11.5 Å². The molecule has 2 N–H and O–H groups in total. The van der Waals surface area contributed by atoms with Crippen molar-refractivity contribution in [3.63, 3.8) is 0 Å². The lowest BCUT2D eigenvalue weighted by Crippen LogP contribution is -2.32. The molecule has 0 aliphatic carbocycles. The quantitative estimate of drug-likeness (QED) is 0.891. The van der Waals surface area contributed by atoms with Crippen LogP contribution in [0.15, 0.2) is 48.7 Å². The topological polar surface area (TPSA) is 63.2 Å². The molecule has 1 aromatic heterocycles. The Balaban J connectivity index is 0.00000220. The highest BCUT2D eigenvalue weighted by Gasteiger charge is 2.13. The molecule has 1 aromatic carbocycles. The van der Waals surface area contributed by atoms with Crippen LogP contribution in [0.2, 0.25) is 0 Å². The van der Waals surface area contributed by atoms with Crippen molar-refractivity contribution in [1.82, 2.24) is 4.98 Å². The molecular weight excluding hydrogens is 290 g/mol. The molecule has 0 aliphatic heterocycles. The molecule has 0 saturated carbocycles. The minimum absolute atomic E-state index is 0. The summed E-state index contributed by atoms with van der Waals surface area (Å²) < 4.78 is 5.12. The molecule has 1 amide bonds. The van der Waals surface area contributed by atoms with Gasteiger partial charge in [-0.1, -0.05) is 12.1 Å². The second-order valence-electron chi connectivity index (χ2n) is 4.30. The van der Waals surface area contributed by atoms with E-state index in [-0.39, 0.29) is 18.3 Å². The fourth-order valence-corrected chi connectivity index (χ4v) is 1.69. The van der Waals surface area contributed by atoms with E-state index in [2.05, 4.69) is 15.6 Å². The third-order valence-electron chi connectivity index (χ3n) is 2.76. The first-order valence-corrected chi connectivity index (χ1v) is 6.31. The van der Waals surface area contributed by atoms with Crippen LogP contribution in [0.5, 0.6) is 5.75 Å². The van der Waals surface area contributed by atoms with Crippen LogP contribution >= 0.6 is 12.4 Å². The van der Waals surface area contributed by atoms with Crippen LogP contribution in [0, 0.1) is 0 Å². The van der Waals surface area contributed by atoms with E-state index in [9.17, 15) is 4.79 Å². The van der Waals surface area contributed by atoms with Crippen molar-refractivity contribution in [2.45, 2.75) is 13.0 Å². The molecular formula is C15H18ClN3O2. The number of rotatable bonds is 5. The van der Waals surface area contributed by atoms with Crippen LogP contribution in [0.25, 0.3) is 0 Å². The summed E-state index contributed by atoms with van der Waals surface area (Å²) in [4.78, 5) is 16.2. The number of halogens is 1. The predicted molar refractivity (Wildman–Crippen MR) is 86.2 cm³/mol. The fourth-order valence-electron chi connectivity index (χ4n) is 1.69. The zero-order valence-electron chi connectivity index (χ0n) is 11.9. The highest BCUT2D eigenvalue weighted by molar-refractivity contribution is 5.96. The van der Waals surface area contributed by atoms with Crippen molar-refractivity contribution in [1.29, 1.82) is 0 Å². The number of methoxy groups -OCH3 is 1. The van der Waals surface area contributed by atoms with Crippen molar-refractivity contribution >= 4 is 29.8 Å². The van der Waals surface area contributed by atoms with E-state index in [4.69, 9.17) is 4.74 Å². The van der Waals surface area contributed by atoms with Gasteiger partial charge in [0, 0.05) is 18.0 Å². The molecule has 21 heavy (non-hydrogen) atoms. The molecule has 2 rings (SSSR count). The maximum Gasteiger partial charge on any atom is 0.246 e. The van der Waals surface area contributed by atoms with Crippen molar-refractivity contribution in [2.24, 2.45) is 0 Å². The number of ether oxygens (including phenoxy) is 1. The van der Waals surface area contributed by atoms with Crippen molar-refractivity contribution in [2.75, 3.05) is 17.7 Å². The Hall–Kier alpha value is -2.27. The molecule has 1 atom stereocenters. The van der Waals surface area contributed by atoms with Gasteiger partial charge in [-0.25, -0.2) is 4.98 Å². The number of carbonyl (C=O) groups is 1. The van der Waals surface area contributed by atoms with Crippen LogP contribution in [0.1, 0.15) is 6.92 Å². The maximum absolute atomic E-state index is 12.1. The Morgan fingerprint density at radius 2 is 2.05 bits per heavy atom. The van der Waals surface area contributed by atoms with Gasteiger partial charge in [-0.3, -0.25) is 4.79 Å². The summed E-state index contributed by atoms with van der Waals surface area (Å²) >= 11 is 0. The molecule has 0 fully saturated rings. The third-order valence-corrected chi connectivity index (χ3v) is 2.76. The molecule has 0 saturated heterocycles. The summed E-state index contributed by atoms with van der Waals surface area (Å²) in [6, 6.07) is 12.3. The number of hydrogen-bond acceptors (Lipinski definition) is 4. The molecule has 0 aliphatic rings. The van der Waals surface area contributed by atoms with Gasteiger partial charge in [-0.15, -0.1) is 12.4 Å². The molecule has 5 nitrogen and oxygen atoms in total. The lowest BCUT2D eigenvalue weighted by molar-refractivity contribution is -0.116. The number of carbonyl (C=O) groups excluding carboxylic acids is 1. The van der Waals surface area contributed by atoms with Crippen molar-refractivity contribution < 1.29 is 9.53 Å².